The van der Waals surface area contributed by atoms with Crippen LogP contribution in [0.4, 0.5) is 0 Å². The molecule has 1 aliphatic carbocycles. The first kappa shape index (κ1) is 17.4. The minimum absolute atomic E-state index is 0.0395. The Balaban J connectivity index is 1.65. The minimum atomic E-state index is -3.33. The van der Waals surface area contributed by atoms with Crippen LogP contribution in [0.25, 0.3) is 0 Å². The van der Waals surface area contributed by atoms with Gasteiger partial charge in [0.15, 0.2) is 9.84 Å². The van der Waals surface area contributed by atoms with Crippen molar-refractivity contribution < 1.29 is 18.3 Å². The summed E-state index contributed by atoms with van der Waals surface area (Å²) in [7, 11) is -3.33. The third kappa shape index (κ3) is 3.64. The third-order valence-corrected chi connectivity index (χ3v) is 6.37. The number of likely N-dealkylation sites (tertiary alicyclic amines) is 1. The molecule has 2 heterocycles. The number of sulfone groups is 1. The van der Waals surface area contributed by atoms with Crippen molar-refractivity contribution in [2.75, 3.05) is 19.3 Å². The van der Waals surface area contributed by atoms with Crippen LogP contribution in [0.3, 0.4) is 0 Å². The molecular formula is C16H25N3O4S. The van der Waals surface area contributed by atoms with E-state index in [9.17, 15) is 18.3 Å². The van der Waals surface area contributed by atoms with Gasteiger partial charge in [0.2, 0.25) is 5.91 Å². The average Bonchev–Trinajstić information content (AvgIpc) is 3.16. The highest BCUT2D eigenvalue weighted by atomic mass is 32.2. The Labute approximate surface area is 142 Å². The maximum atomic E-state index is 12.5. The van der Waals surface area contributed by atoms with Gasteiger partial charge in [0.05, 0.1) is 23.9 Å². The summed E-state index contributed by atoms with van der Waals surface area (Å²) in [6.07, 6.45) is 7.81. The molecule has 1 aliphatic heterocycles. The van der Waals surface area contributed by atoms with Gasteiger partial charge in [-0.05, 0) is 19.3 Å². The molecule has 7 nitrogen and oxygen atoms in total. The minimum Gasteiger partial charge on any atom is -0.389 e. The second-order valence-corrected chi connectivity index (χ2v) is 9.19. The summed E-state index contributed by atoms with van der Waals surface area (Å²) in [6, 6.07) is 0. The Bertz CT molecular complexity index is 707. The lowest BCUT2D eigenvalue weighted by molar-refractivity contribution is -0.136. The molecule has 2 N–H and O–H groups in total. The van der Waals surface area contributed by atoms with Gasteiger partial charge in [0, 0.05) is 25.3 Å². The molecule has 0 radical (unpaired) electrons. The number of nitrogens with zero attached hydrogens (tertiary/aromatic N) is 2. The van der Waals surface area contributed by atoms with Crippen LogP contribution in [0.1, 0.15) is 56.6 Å². The molecule has 1 aromatic rings. The van der Waals surface area contributed by atoms with E-state index < -0.39 is 15.4 Å². The van der Waals surface area contributed by atoms with Crippen LogP contribution in [0.5, 0.6) is 0 Å². The Hall–Kier alpha value is -1.41. The first-order valence-electron chi connectivity index (χ1n) is 8.52. The van der Waals surface area contributed by atoms with Gasteiger partial charge in [-0.3, -0.25) is 9.89 Å². The lowest BCUT2D eigenvalue weighted by atomic mass is 9.82. The maximum absolute atomic E-state index is 12.5. The summed E-state index contributed by atoms with van der Waals surface area (Å²) >= 11 is 0. The number of H-pyrrole nitrogens is 1. The zero-order chi connectivity index (χ0) is 17.4. The average molecular weight is 355 g/mol. The predicted molar refractivity (Wildman–Crippen MR) is 88.3 cm³/mol. The Kier molecular flexibility index (Phi) is 4.70. The predicted octanol–water partition coefficient (Wildman–Crippen LogP) is 1.21. The molecule has 1 aromatic heterocycles. The first-order valence-corrected chi connectivity index (χ1v) is 10.4. The molecule has 24 heavy (non-hydrogen) atoms. The lowest BCUT2D eigenvalue weighted by Crippen LogP contribution is -2.39. The lowest BCUT2D eigenvalue weighted by Gasteiger charge is -2.32. The number of carbonyl (C=O) groups is 1. The van der Waals surface area contributed by atoms with E-state index in [4.69, 9.17) is 0 Å². The van der Waals surface area contributed by atoms with Gasteiger partial charge in [-0.25, -0.2) is 8.42 Å². The number of aromatic nitrogens is 2. The molecule has 1 atom stereocenters. The normalized spacial score (nSPS) is 24.2. The Morgan fingerprint density at radius 2 is 2.12 bits per heavy atom. The van der Waals surface area contributed by atoms with Crippen molar-refractivity contribution >= 4 is 15.7 Å². The highest BCUT2D eigenvalue weighted by Gasteiger charge is 2.37. The summed E-state index contributed by atoms with van der Waals surface area (Å²) < 4.78 is 23.6. The zero-order valence-corrected chi connectivity index (χ0v) is 14.8. The molecular weight excluding hydrogens is 330 g/mol. The van der Waals surface area contributed by atoms with Crippen molar-refractivity contribution in [3.8, 4) is 0 Å². The van der Waals surface area contributed by atoms with Crippen LogP contribution < -0.4 is 0 Å². The standard InChI is InChI=1S/C16H25N3O4S/c1-24(22,23)13-10-17-18-15(13)12-5-8-19(11-12)14(20)9-16(21)6-3-2-4-7-16/h10,12,21H,2-9,11H2,1H3,(H,17,18)/t12-/m1/s1. The van der Waals surface area contributed by atoms with Crippen molar-refractivity contribution in [1.29, 1.82) is 0 Å². The van der Waals surface area contributed by atoms with Crippen molar-refractivity contribution in [2.24, 2.45) is 0 Å². The van der Waals surface area contributed by atoms with Crippen LogP contribution in [0, 0.1) is 0 Å². The quantitative estimate of drug-likeness (QED) is 0.845. The highest BCUT2D eigenvalue weighted by Crippen LogP contribution is 2.34. The largest absolute Gasteiger partial charge is 0.389 e. The van der Waals surface area contributed by atoms with Crippen LogP contribution in [0.15, 0.2) is 11.1 Å². The van der Waals surface area contributed by atoms with Gasteiger partial charge in [-0.15, -0.1) is 0 Å². The molecule has 1 saturated heterocycles. The SMILES string of the molecule is CS(=O)(=O)c1cn[nH]c1[C@@H]1CCN(C(=O)CC2(O)CCCCC2)C1. The fourth-order valence-electron chi connectivity index (χ4n) is 3.88. The fourth-order valence-corrected chi connectivity index (χ4v) is 4.73. The van der Waals surface area contributed by atoms with Crippen LogP contribution in [-0.4, -0.2) is 59.5 Å². The third-order valence-electron chi connectivity index (χ3n) is 5.25. The van der Waals surface area contributed by atoms with E-state index in [2.05, 4.69) is 10.2 Å². The number of carbonyl (C=O) groups excluding carboxylic acids is 1. The van der Waals surface area contributed by atoms with Gasteiger partial charge in [0.25, 0.3) is 0 Å². The summed E-state index contributed by atoms with van der Waals surface area (Å²) in [5, 5.41) is 17.2. The molecule has 2 aliphatic rings. The van der Waals surface area contributed by atoms with E-state index in [-0.39, 0.29) is 23.1 Å². The summed E-state index contributed by atoms with van der Waals surface area (Å²) in [5.74, 6) is -0.0931. The number of aliphatic hydroxyl groups is 1. The van der Waals surface area contributed by atoms with E-state index in [1.807, 2.05) is 0 Å². The second-order valence-electron chi connectivity index (χ2n) is 7.21. The number of rotatable bonds is 4. The van der Waals surface area contributed by atoms with Crippen LogP contribution in [0.2, 0.25) is 0 Å². The smallest absolute Gasteiger partial charge is 0.225 e. The summed E-state index contributed by atoms with van der Waals surface area (Å²) in [4.78, 5) is 14.5. The molecule has 8 heteroatoms. The number of nitrogens with one attached hydrogen (secondary N) is 1. The molecule has 1 saturated carbocycles. The maximum Gasteiger partial charge on any atom is 0.225 e. The molecule has 1 amide bonds. The number of amides is 1. The van der Waals surface area contributed by atoms with E-state index in [0.29, 0.717) is 38.0 Å². The van der Waals surface area contributed by atoms with Crippen molar-refractivity contribution in [1.82, 2.24) is 15.1 Å². The van der Waals surface area contributed by atoms with Gasteiger partial charge in [0.1, 0.15) is 4.90 Å². The molecule has 0 bridgehead atoms. The molecule has 134 valence electrons. The fraction of sp³-hybridized carbons (Fsp3) is 0.750. The first-order chi connectivity index (χ1) is 11.3. The van der Waals surface area contributed by atoms with Gasteiger partial charge in [-0.2, -0.15) is 5.10 Å². The van der Waals surface area contributed by atoms with Gasteiger partial charge >= 0.3 is 0 Å². The molecule has 0 unspecified atom stereocenters. The van der Waals surface area contributed by atoms with Crippen LogP contribution >= 0.6 is 0 Å². The molecule has 2 fully saturated rings. The molecule has 0 aromatic carbocycles. The Morgan fingerprint density at radius 1 is 1.42 bits per heavy atom. The molecule has 3 rings (SSSR count). The number of hydrogen-bond donors (Lipinski definition) is 2. The van der Waals surface area contributed by atoms with E-state index in [1.54, 1.807) is 4.90 Å². The molecule has 0 spiro atoms. The summed E-state index contributed by atoms with van der Waals surface area (Å²) in [6.45, 7) is 1.06. The Morgan fingerprint density at radius 3 is 2.79 bits per heavy atom. The number of aromatic amines is 1. The monoisotopic (exact) mass is 355 g/mol. The van der Waals surface area contributed by atoms with Crippen molar-refractivity contribution in [3.05, 3.63) is 11.9 Å². The van der Waals surface area contributed by atoms with E-state index >= 15 is 0 Å². The van der Waals surface area contributed by atoms with Gasteiger partial charge < -0.3 is 10.0 Å². The van der Waals surface area contributed by atoms with Crippen molar-refractivity contribution in [3.63, 3.8) is 0 Å². The number of hydrogen-bond acceptors (Lipinski definition) is 5. The summed E-state index contributed by atoms with van der Waals surface area (Å²) in [5.41, 5.74) is -0.275. The van der Waals surface area contributed by atoms with E-state index in [1.165, 1.54) is 6.20 Å². The topological polar surface area (TPSA) is 103 Å². The van der Waals surface area contributed by atoms with Crippen LogP contribution in [-0.2, 0) is 14.6 Å². The second kappa shape index (κ2) is 6.48. The van der Waals surface area contributed by atoms with Gasteiger partial charge in [-0.1, -0.05) is 19.3 Å². The highest BCUT2D eigenvalue weighted by molar-refractivity contribution is 7.90. The zero-order valence-electron chi connectivity index (χ0n) is 14.0. The van der Waals surface area contributed by atoms with Crippen molar-refractivity contribution in [2.45, 2.75) is 61.4 Å². The van der Waals surface area contributed by atoms with E-state index in [0.717, 1.165) is 25.5 Å².